The number of fused-ring (bicyclic) bond motifs is 1. The van der Waals surface area contributed by atoms with Crippen molar-refractivity contribution >= 4 is 29.5 Å². The van der Waals surface area contributed by atoms with E-state index in [4.69, 9.17) is 4.74 Å². The monoisotopic (exact) mass is 479 g/mol. The molecule has 7 nitrogen and oxygen atoms in total. The Morgan fingerprint density at radius 1 is 1.03 bits per heavy atom. The van der Waals surface area contributed by atoms with Crippen LogP contribution in [0.4, 0.5) is 0 Å². The molecule has 0 aliphatic carbocycles. The number of piperidine rings is 1. The lowest BCUT2D eigenvalue weighted by Crippen LogP contribution is -2.71. The van der Waals surface area contributed by atoms with Gasteiger partial charge in [-0.15, -0.1) is 11.8 Å². The number of nitrogens with one attached hydrogen (secondary N) is 1. The van der Waals surface area contributed by atoms with Gasteiger partial charge in [0.15, 0.2) is 0 Å². The Morgan fingerprint density at radius 2 is 1.65 bits per heavy atom. The maximum Gasteiger partial charge on any atom is 0.330 e. The molecule has 5 rings (SSSR count). The number of benzene rings is 2. The van der Waals surface area contributed by atoms with Crippen LogP contribution in [0.5, 0.6) is 0 Å². The molecule has 3 aliphatic rings. The average molecular weight is 480 g/mol. The number of esters is 1. The number of carbonyl (C=O) groups is 3. The van der Waals surface area contributed by atoms with E-state index in [0.29, 0.717) is 0 Å². The summed E-state index contributed by atoms with van der Waals surface area (Å²) in [7, 11) is 2.07. The Labute approximate surface area is 203 Å². The molecule has 3 atom stereocenters. The van der Waals surface area contributed by atoms with Crippen LogP contribution in [0.25, 0.3) is 0 Å². The summed E-state index contributed by atoms with van der Waals surface area (Å²) < 4.78 is 5.33. The predicted octanol–water partition coefficient (Wildman–Crippen LogP) is 2.21. The number of hydrogen-bond acceptors (Lipinski definition) is 6. The number of amides is 2. The summed E-state index contributed by atoms with van der Waals surface area (Å²) in [4.78, 5) is 43.1. The molecule has 2 amide bonds. The first kappa shape index (κ1) is 22.9. The number of likely N-dealkylation sites (tertiary alicyclic amines) is 1. The molecule has 8 heteroatoms. The van der Waals surface area contributed by atoms with Gasteiger partial charge >= 0.3 is 5.97 Å². The maximum atomic E-state index is 13.3. The minimum absolute atomic E-state index is 0.181. The predicted molar refractivity (Wildman–Crippen MR) is 130 cm³/mol. The van der Waals surface area contributed by atoms with Crippen LogP contribution in [0, 0.1) is 0 Å². The molecule has 3 unspecified atom stereocenters. The normalized spacial score (nSPS) is 25.5. The second-order valence-electron chi connectivity index (χ2n) is 9.33. The number of rotatable bonds is 6. The van der Waals surface area contributed by atoms with E-state index in [-0.39, 0.29) is 40.9 Å². The fraction of sp³-hybridized carbons (Fsp3) is 0.423. The number of nitrogens with zero attached hydrogens (tertiary/aromatic N) is 2. The van der Waals surface area contributed by atoms with Crippen molar-refractivity contribution in [2.45, 2.75) is 48.1 Å². The Bertz CT molecular complexity index is 1060. The quantitative estimate of drug-likeness (QED) is 0.506. The zero-order chi connectivity index (χ0) is 23.7. The smallest absolute Gasteiger partial charge is 0.330 e. The fourth-order valence-electron chi connectivity index (χ4n) is 5.11. The molecule has 0 saturated carbocycles. The molecule has 3 aliphatic heterocycles. The molecular weight excluding hydrogens is 450 g/mol. The van der Waals surface area contributed by atoms with E-state index in [1.54, 1.807) is 16.7 Å². The van der Waals surface area contributed by atoms with Gasteiger partial charge in [0, 0.05) is 0 Å². The van der Waals surface area contributed by atoms with Gasteiger partial charge in [-0.1, -0.05) is 60.7 Å². The van der Waals surface area contributed by atoms with Crippen LogP contribution in [0.15, 0.2) is 60.7 Å². The first-order valence-corrected chi connectivity index (χ1v) is 12.6. The van der Waals surface area contributed by atoms with Crippen molar-refractivity contribution in [3.63, 3.8) is 0 Å². The first-order chi connectivity index (χ1) is 16.5. The highest BCUT2D eigenvalue weighted by molar-refractivity contribution is 8.01. The topological polar surface area (TPSA) is 79.0 Å². The molecule has 0 bridgehead atoms. The Morgan fingerprint density at radius 3 is 2.29 bits per heavy atom. The van der Waals surface area contributed by atoms with Gasteiger partial charge in [0.25, 0.3) is 0 Å². The zero-order valence-electron chi connectivity index (χ0n) is 19.2. The molecule has 34 heavy (non-hydrogen) atoms. The van der Waals surface area contributed by atoms with Crippen LogP contribution in [0.1, 0.15) is 24.0 Å². The lowest BCUT2D eigenvalue weighted by atomic mass is 9.85. The standard InChI is InChI=1S/C26H29N3O4S/c1-28-14-12-26(13-15-28)22(25(32)33-17-19-10-6-3-7-11-19)29-23(31)21(24(29)34-26)27-20(30)16-18-8-4-2-5-9-18/h2-11,21-22,24H,12-17H2,1H3,(H,27,30). The highest BCUT2D eigenvalue weighted by Crippen LogP contribution is 2.55. The molecule has 3 saturated heterocycles. The van der Waals surface area contributed by atoms with Crippen LogP contribution in [0.2, 0.25) is 0 Å². The van der Waals surface area contributed by atoms with Crippen molar-refractivity contribution in [3.05, 3.63) is 71.8 Å². The van der Waals surface area contributed by atoms with E-state index < -0.39 is 12.1 Å². The Balaban J connectivity index is 1.30. The van der Waals surface area contributed by atoms with Crippen molar-refractivity contribution in [3.8, 4) is 0 Å². The average Bonchev–Trinajstić information content (AvgIpc) is 3.15. The van der Waals surface area contributed by atoms with Crippen LogP contribution in [0.3, 0.4) is 0 Å². The molecule has 3 fully saturated rings. The number of β-lactam (4-membered cyclic amide) rings is 1. The Hall–Kier alpha value is -2.84. The van der Waals surface area contributed by atoms with E-state index in [9.17, 15) is 14.4 Å². The summed E-state index contributed by atoms with van der Waals surface area (Å²) in [5.74, 6) is -0.737. The van der Waals surface area contributed by atoms with Gasteiger partial charge in [-0.2, -0.15) is 0 Å². The molecule has 0 aromatic heterocycles. The molecule has 1 N–H and O–H groups in total. The van der Waals surface area contributed by atoms with Gasteiger partial charge in [0.2, 0.25) is 11.8 Å². The van der Waals surface area contributed by atoms with Gasteiger partial charge in [-0.3, -0.25) is 9.59 Å². The SMILES string of the molecule is CN1CCC2(CC1)SC1C(NC(=O)Cc3ccccc3)C(=O)N1C2C(=O)OCc1ccccc1. The zero-order valence-corrected chi connectivity index (χ0v) is 20.0. The van der Waals surface area contributed by atoms with Crippen molar-refractivity contribution < 1.29 is 19.1 Å². The first-order valence-electron chi connectivity index (χ1n) is 11.7. The summed E-state index contributed by atoms with van der Waals surface area (Å²) >= 11 is 1.67. The summed E-state index contributed by atoms with van der Waals surface area (Å²) in [6.07, 6.45) is 1.81. The van der Waals surface area contributed by atoms with Crippen molar-refractivity contribution in [1.82, 2.24) is 15.1 Å². The van der Waals surface area contributed by atoms with Gasteiger partial charge in [-0.05, 0) is 44.1 Å². The summed E-state index contributed by atoms with van der Waals surface area (Å²) in [6.45, 7) is 1.89. The van der Waals surface area contributed by atoms with E-state index in [2.05, 4.69) is 17.3 Å². The highest BCUT2D eigenvalue weighted by Gasteiger charge is 2.67. The maximum absolute atomic E-state index is 13.3. The lowest BCUT2D eigenvalue weighted by Gasteiger charge is -2.44. The molecule has 178 valence electrons. The van der Waals surface area contributed by atoms with E-state index in [1.165, 1.54) is 0 Å². The minimum atomic E-state index is -0.630. The minimum Gasteiger partial charge on any atom is -0.459 e. The fourth-order valence-corrected chi connectivity index (χ4v) is 7.00. The third kappa shape index (κ3) is 4.32. The van der Waals surface area contributed by atoms with Gasteiger partial charge in [-0.25, -0.2) is 4.79 Å². The largest absolute Gasteiger partial charge is 0.459 e. The number of ether oxygens (including phenoxy) is 1. The van der Waals surface area contributed by atoms with Gasteiger partial charge < -0.3 is 19.9 Å². The summed E-state index contributed by atoms with van der Waals surface area (Å²) in [6, 6.07) is 17.8. The third-order valence-corrected chi connectivity index (χ3v) is 8.86. The number of hydrogen-bond donors (Lipinski definition) is 1. The van der Waals surface area contributed by atoms with E-state index >= 15 is 0 Å². The lowest BCUT2D eigenvalue weighted by molar-refractivity contribution is -0.166. The number of thioether (sulfide) groups is 1. The third-order valence-electron chi connectivity index (χ3n) is 7.02. The van der Waals surface area contributed by atoms with E-state index in [0.717, 1.165) is 37.1 Å². The molecule has 1 spiro atoms. The van der Waals surface area contributed by atoms with Crippen LogP contribution >= 0.6 is 11.8 Å². The van der Waals surface area contributed by atoms with E-state index in [1.807, 2.05) is 60.7 Å². The van der Waals surface area contributed by atoms with Crippen molar-refractivity contribution in [2.75, 3.05) is 20.1 Å². The molecule has 2 aromatic carbocycles. The second kappa shape index (κ2) is 9.43. The molecule has 2 aromatic rings. The van der Waals surface area contributed by atoms with Crippen LogP contribution in [-0.4, -0.2) is 69.9 Å². The highest BCUT2D eigenvalue weighted by atomic mass is 32.2. The number of carbonyl (C=O) groups excluding carboxylic acids is 3. The second-order valence-corrected chi connectivity index (χ2v) is 10.9. The van der Waals surface area contributed by atoms with Crippen molar-refractivity contribution in [2.24, 2.45) is 0 Å². The summed E-state index contributed by atoms with van der Waals surface area (Å²) in [5, 5.41) is 2.68. The molecule has 3 heterocycles. The van der Waals surface area contributed by atoms with Crippen molar-refractivity contribution in [1.29, 1.82) is 0 Å². The Kier molecular flexibility index (Phi) is 6.36. The molecule has 0 radical (unpaired) electrons. The summed E-state index contributed by atoms with van der Waals surface area (Å²) in [5.41, 5.74) is 1.81. The van der Waals surface area contributed by atoms with Crippen LogP contribution < -0.4 is 5.32 Å². The molecular formula is C26H29N3O4S. The van der Waals surface area contributed by atoms with Crippen LogP contribution in [-0.2, 0) is 32.1 Å². The van der Waals surface area contributed by atoms with Gasteiger partial charge in [0.05, 0.1) is 11.2 Å². The van der Waals surface area contributed by atoms with Gasteiger partial charge in [0.1, 0.15) is 24.1 Å².